The second-order valence-electron chi connectivity index (χ2n) is 3.58. The summed E-state index contributed by atoms with van der Waals surface area (Å²) in [6, 6.07) is 5.35. The van der Waals surface area contributed by atoms with Crippen LogP contribution in [0.1, 0.15) is 18.9 Å². The lowest BCUT2D eigenvalue weighted by Crippen LogP contribution is -2.11. The van der Waals surface area contributed by atoms with E-state index in [1.165, 1.54) is 0 Å². The molecule has 0 saturated carbocycles. The summed E-state index contributed by atoms with van der Waals surface area (Å²) in [5.41, 5.74) is 0.920. The van der Waals surface area contributed by atoms with E-state index in [0.717, 1.165) is 23.5 Å². The number of rotatable bonds is 6. The third-order valence-corrected chi connectivity index (χ3v) is 3.80. The van der Waals surface area contributed by atoms with Crippen molar-refractivity contribution < 1.29 is 5.11 Å². The molecule has 0 fully saturated rings. The molecular formula is C12H16Cl2OS. The van der Waals surface area contributed by atoms with Gasteiger partial charge in [0.1, 0.15) is 0 Å². The fourth-order valence-electron chi connectivity index (χ4n) is 1.42. The van der Waals surface area contributed by atoms with Crippen molar-refractivity contribution in [2.75, 3.05) is 11.5 Å². The van der Waals surface area contributed by atoms with Crippen LogP contribution in [0.25, 0.3) is 0 Å². The second kappa shape index (κ2) is 7.44. The predicted octanol–water partition coefficient (Wildman–Crippen LogP) is 4.04. The summed E-state index contributed by atoms with van der Waals surface area (Å²) >= 11 is 13.7. The average molecular weight is 279 g/mol. The molecule has 0 heterocycles. The fraction of sp³-hybridized carbons (Fsp3) is 0.500. The highest BCUT2D eigenvalue weighted by Gasteiger charge is 2.08. The van der Waals surface area contributed by atoms with Crippen molar-refractivity contribution in [3.63, 3.8) is 0 Å². The maximum Gasteiger partial charge on any atom is 0.0589 e. The van der Waals surface area contributed by atoms with Crippen LogP contribution < -0.4 is 0 Å². The van der Waals surface area contributed by atoms with Crippen LogP contribution in [0.3, 0.4) is 0 Å². The van der Waals surface area contributed by atoms with Crippen LogP contribution in [-0.2, 0) is 6.42 Å². The number of halogens is 2. The molecule has 1 aromatic rings. The van der Waals surface area contributed by atoms with Crippen LogP contribution in [0.5, 0.6) is 0 Å². The second-order valence-corrected chi connectivity index (χ2v) is 5.82. The minimum atomic E-state index is -0.338. The third-order valence-electron chi connectivity index (χ3n) is 2.26. The zero-order valence-corrected chi connectivity index (χ0v) is 11.6. The molecule has 1 unspecified atom stereocenters. The Kier molecular flexibility index (Phi) is 6.59. The van der Waals surface area contributed by atoms with Crippen LogP contribution in [0.4, 0.5) is 0 Å². The SMILES string of the molecule is CCSCCC(O)Cc1cc(Cl)ccc1Cl. The van der Waals surface area contributed by atoms with Crippen molar-refractivity contribution in [2.24, 2.45) is 0 Å². The maximum absolute atomic E-state index is 9.83. The summed E-state index contributed by atoms with van der Waals surface area (Å²) in [4.78, 5) is 0. The topological polar surface area (TPSA) is 20.2 Å². The summed E-state index contributed by atoms with van der Waals surface area (Å²) in [7, 11) is 0. The Hall–Kier alpha value is 0.110. The van der Waals surface area contributed by atoms with Gasteiger partial charge in [-0.05, 0) is 48.1 Å². The van der Waals surface area contributed by atoms with Gasteiger partial charge in [-0.1, -0.05) is 30.1 Å². The number of hydrogen-bond donors (Lipinski definition) is 1. The maximum atomic E-state index is 9.83. The van der Waals surface area contributed by atoms with Crippen molar-refractivity contribution >= 4 is 35.0 Å². The summed E-state index contributed by atoms with van der Waals surface area (Å²) in [6.07, 6.45) is 1.03. The van der Waals surface area contributed by atoms with Gasteiger partial charge in [0.2, 0.25) is 0 Å². The van der Waals surface area contributed by atoms with E-state index >= 15 is 0 Å². The highest BCUT2D eigenvalue weighted by Crippen LogP contribution is 2.22. The van der Waals surface area contributed by atoms with Crippen LogP contribution in [-0.4, -0.2) is 22.7 Å². The number of thioether (sulfide) groups is 1. The molecule has 4 heteroatoms. The Morgan fingerprint density at radius 3 is 2.81 bits per heavy atom. The largest absolute Gasteiger partial charge is 0.393 e. The van der Waals surface area contributed by atoms with Gasteiger partial charge in [-0.2, -0.15) is 11.8 Å². The molecule has 0 bridgehead atoms. The first-order valence-electron chi connectivity index (χ1n) is 5.33. The third kappa shape index (κ3) is 4.96. The molecule has 0 aliphatic rings. The molecule has 1 aromatic carbocycles. The quantitative estimate of drug-likeness (QED) is 0.793. The molecule has 16 heavy (non-hydrogen) atoms. The lowest BCUT2D eigenvalue weighted by molar-refractivity contribution is 0.172. The molecule has 1 nitrogen and oxygen atoms in total. The number of aliphatic hydroxyl groups is 1. The Morgan fingerprint density at radius 1 is 1.38 bits per heavy atom. The normalized spacial score (nSPS) is 12.8. The zero-order valence-electron chi connectivity index (χ0n) is 9.25. The lowest BCUT2D eigenvalue weighted by atomic mass is 10.1. The van der Waals surface area contributed by atoms with Crippen molar-refractivity contribution in [1.82, 2.24) is 0 Å². The summed E-state index contributed by atoms with van der Waals surface area (Å²) in [5, 5.41) is 11.2. The van der Waals surface area contributed by atoms with Gasteiger partial charge in [0.05, 0.1) is 6.10 Å². The number of hydrogen-bond acceptors (Lipinski definition) is 2. The Labute approximate surface area is 111 Å². The van der Waals surface area contributed by atoms with Crippen LogP contribution >= 0.6 is 35.0 Å². The molecule has 0 amide bonds. The van der Waals surface area contributed by atoms with Crippen LogP contribution in [0, 0.1) is 0 Å². The molecule has 0 radical (unpaired) electrons. The van der Waals surface area contributed by atoms with E-state index in [4.69, 9.17) is 23.2 Å². The Balaban J connectivity index is 2.48. The average Bonchev–Trinajstić information content (AvgIpc) is 2.24. The first-order valence-corrected chi connectivity index (χ1v) is 7.24. The highest BCUT2D eigenvalue weighted by atomic mass is 35.5. The van der Waals surface area contributed by atoms with Crippen molar-refractivity contribution in [2.45, 2.75) is 25.9 Å². The van der Waals surface area contributed by atoms with Gasteiger partial charge in [0.15, 0.2) is 0 Å². The van der Waals surface area contributed by atoms with E-state index in [1.54, 1.807) is 12.1 Å². The smallest absolute Gasteiger partial charge is 0.0589 e. The molecular weight excluding hydrogens is 263 g/mol. The monoisotopic (exact) mass is 278 g/mol. The van der Waals surface area contributed by atoms with Crippen molar-refractivity contribution in [3.8, 4) is 0 Å². The molecule has 0 aliphatic heterocycles. The van der Waals surface area contributed by atoms with Gasteiger partial charge in [-0.15, -0.1) is 0 Å². The first-order chi connectivity index (χ1) is 7.63. The highest BCUT2D eigenvalue weighted by molar-refractivity contribution is 7.99. The van der Waals surface area contributed by atoms with E-state index in [0.29, 0.717) is 16.5 Å². The van der Waals surface area contributed by atoms with Gasteiger partial charge >= 0.3 is 0 Å². The predicted molar refractivity (Wildman–Crippen MR) is 73.8 cm³/mol. The van der Waals surface area contributed by atoms with E-state index in [9.17, 15) is 5.11 Å². The molecule has 0 saturated heterocycles. The fourth-order valence-corrected chi connectivity index (χ4v) is 2.54. The lowest BCUT2D eigenvalue weighted by Gasteiger charge is -2.11. The summed E-state index contributed by atoms with van der Waals surface area (Å²) < 4.78 is 0. The Bertz CT molecular complexity index is 331. The van der Waals surface area contributed by atoms with Gasteiger partial charge in [-0.3, -0.25) is 0 Å². The van der Waals surface area contributed by atoms with Crippen LogP contribution in [0.15, 0.2) is 18.2 Å². The molecule has 90 valence electrons. The van der Waals surface area contributed by atoms with E-state index in [2.05, 4.69) is 6.92 Å². The van der Waals surface area contributed by atoms with E-state index in [-0.39, 0.29) is 6.10 Å². The Morgan fingerprint density at radius 2 is 2.12 bits per heavy atom. The van der Waals surface area contributed by atoms with E-state index in [1.807, 2.05) is 17.8 Å². The van der Waals surface area contributed by atoms with Gasteiger partial charge in [-0.25, -0.2) is 0 Å². The van der Waals surface area contributed by atoms with Crippen molar-refractivity contribution in [1.29, 1.82) is 0 Å². The van der Waals surface area contributed by atoms with Gasteiger partial charge < -0.3 is 5.11 Å². The molecule has 1 rings (SSSR count). The van der Waals surface area contributed by atoms with E-state index < -0.39 is 0 Å². The summed E-state index contributed by atoms with van der Waals surface area (Å²) in [5.74, 6) is 2.07. The minimum absolute atomic E-state index is 0.338. The standard InChI is InChI=1S/C12H16Cl2OS/c1-2-16-6-5-11(15)8-9-7-10(13)3-4-12(9)14/h3-4,7,11,15H,2,5-6,8H2,1H3. The minimum Gasteiger partial charge on any atom is -0.393 e. The van der Waals surface area contributed by atoms with Crippen LogP contribution in [0.2, 0.25) is 10.0 Å². The molecule has 0 spiro atoms. The first kappa shape index (κ1) is 14.2. The van der Waals surface area contributed by atoms with Gasteiger partial charge in [0.25, 0.3) is 0 Å². The van der Waals surface area contributed by atoms with Crippen molar-refractivity contribution in [3.05, 3.63) is 33.8 Å². The molecule has 0 aliphatic carbocycles. The number of aliphatic hydroxyl groups excluding tert-OH is 1. The summed E-state index contributed by atoms with van der Waals surface area (Å²) in [6.45, 7) is 2.12. The number of benzene rings is 1. The zero-order chi connectivity index (χ0) is 12.0. The molecule has 1 atom stereocenters. The molecule has 0 aromatic heterocycles. The van der Waals surface area contributed by atoms with Gasteiger partial charge in [0, 0.05) is 10.0 Å². The molecule has 1 N–H and O–H groups in total.